The second-order valence-electron chi connectivity index (χ2n) is 6.27. The molecule has 0 radical (unpaired) electrons. The number of methoxy groups -OCH3 is 2. The Kier molecular flexibility index (Phi) is 7.76. The fourth-order valence-corrected chi connectivity index (χ4v) is 3.09. The van der Waals surface area contributed by atoms with Gasteiger partial charge in [0.25, 0.3) is 0 Å². The summed E-state index contributed by atoms with van der Waals surface area (Å²) in [5.74, 6) is 1.60. The van der Waals surface area contributed by atoms with Gasteiger partial charge in [0.2, 0.25) is 0 Å². The van der Waals surface area contributed by atoms with E-state index in [0.29, 0.717) is 11.5 Å². The van der Waals surface area contributed by atoms with Gasteiger partial charge in [-0.05, 0) is 44.8 Å². The van der Waals surface area contributed by atoms with Crippen LogP contribution in [0, 0.1) is 12.8 Å². The minimum atomic E-state index is -0.489. The lowest BCUT2D eigenvalue weighted by Gasteiger charge is -2.28. The number of nitrogens with one attached hydrogen (secondary N) is 1. The van der Waals surface area contributed by atoms with Crippen molar-refractivity contribution >= 4 is 0 Å². The summed E-state index contributed by atoms with van der Waals surface area (Å²) < 4.78 is 10.6. The molecule has 1 heterocycles. The predicted molar refractivity (Wildman–Crippen MR) is 101 cm³/mol. The third-order valence-electron chi connectivity index (χ3n) is 4.52. The van der Waals surface area contributed by atoms with Crippen molar-refractivity contribution in [3.63, 3.8) is 0 Å². The van der Waals surface area contributed by atoms with Gasteiger partial charge in [-0.1, -0.05) is 48.0 Å². The Balaban J connectivity index is 0.000000269. The predicted octanol–water partition coefficient (Wildman–Crippen LogP) is 3.73. The summed E-state index contributed by atoms with van der Waals surface area (Å²) in [5, 5.41) is 13.8. The van der Waals surface area contributed by atoms with Crippen molar-refractivity contribution in [2.45, 2.75) is 25.9 Å². The molecule has 2 aromatic rings. The maximum Gasteiger partial charge on any atom is 0.166 e. The van der Waals surface area contributed by atoms with Crippen LogP contribution < -0.4 is 14.8 Å². The zero-order chi connectivity index (χ0) is 18.1. The fraction of sp³-hybridized carbons (Fsp3) is 0.429. The summed E-state index contributed by atoms with van der Waals surface area (Å²) in [5.41, 5.74) is 2.14. The first-order valence-corrected chi connectivity index (χ1v) is 8.78. The van der Waals surface area contributed by atoms with Gasteiger partial charge in [0.15, 0.2) is 11.5 Å². The van der Waals surface area contributed by atoms with Crippen LogP contribution >= 0.6 is 0 Å². The molecule has 0 bridgehead atoms. The molecule has 0 aliphatic carbocycles. The van der Waals surface area contributed by atoms with E-state index in [-0.39, 0.29) is 5.92 Å². The Hall–Kier alpha value is -2.04. The molecule has 2 N–H and O–H groups in total. The van der Waals surface area contributed by atoms with Gasteiger partial charge in [-0.25, -0.2) is 0 Å². The minimum Gasteiger partial charge on any atom is -0.493 e. The van der Waals surface area contributed by atoms with Gasteiger partial charge < -0.3 is 19.9 Å². The van der Waals surface area contributed by atoms with Gasteiger partial charge in [0.05, 0.1) is 20.3 Å². The van der Waals surface area contributed by atoms with Crippen LogP contribution in [0.1, 0.15) is 30.1 Å². The fourth-order valence-electron chi connectivity index (χ4n) is 3.09. The van der Waals surface area contributed by atoms with Crippen LogP contribution in [-0.4, -0.2) is 32.4 Å². The number of hydrogen-bond donors (Lipinski definition) is 2. The molecule has 2 aromatic carbocycles. The molecule has 4 heteroatoms. The molecule has 1 atom stereocenters. The lowest BCUT2D eigenvalue weighted by molar-refractivity contribution is 0.0860. The molecule has 3 rings (SSSR count). The molecule has 1 aliphatic rings. The minimum absolute atomic E-state index is 0.284. The highest BCUT2D eigenvalue weighted by Gasteiger charge is 2.26. The van der Waals surface area contributed by atoms with E-state index in [9.17, 15) is 5.11 Å². The van der Waals surface area contributed by atoms with Crippen molar-refractivity contribution < 1.29 is 14.6 Å². The molecule has 0 spiro atoms. The van der Waals surface area contributed by atoms with Crippen LogP contribution in [0.3, 0.4) is 0 Å². The number of ether oxygens (including phenoxy) is 2. The second kappa shape index (κ2) is 10.1. The molecule has 1 unspecified atom stereocenters. The highest BCUT2D eigenvalue weighted by molar-refractivity contribution is 5.47. The maximum absolute atomic E-state index is 10.5. The first-order valence-electron chi connectivity index (χ1n) is 8.78. The van der Waals surface area contributed by atoms with Crippen molar-refractivity contribution in [1.82, 2.24) is 5.32 Å². The zero-order valence-corrected chi connectivity index (χ0v) is 15.4. The number of benzene rings is 2. The second-order valence-corrected chi connectivity index (χ2v) is 6.27. The Labute approximate surface area is 150 Å². The summed E-state index contributed by atoms with van der Waals surface area (Å²) in [4.78, 5) is 0. The van der Waals surface area contributed by atoms with Crippen LogP contribution in [0.4, 0.5) is 0 Å². The number of aliphatic hydroxyl groups is 1. The first-order chi connectivity index (χ1) is 12.2. The molecule has 25 heavy (non-hydrogen) atoms. The van der Waals surface area contributed by atoms with Crippen molar-refractivity contribution in [1.29, 1.82) is 0 Å². The zero-order valence-electron chi connectivity index (χ0n) is 15.4. The van der Waals surface area contributed by atoms with Crippen molar-refractivity contribution in [2.24, 2.45) is 5.92 Å². The van der Waals surface area contributed by atoms with Gasteiger partial charge in [0.1, 0.15) is 0 Å². The number of rotatable bonds is 4. The smallest absolute Gasteiger partial charge is 0.166 e. The monoisotopic (exact) mass is 343 g/mol. The van der Waals surface area contributed by atoms with Crippen LogP contribution in [0.15, 0.2) is 48.5 Å². The highest BCUT2D eigenvalue weighted by Crippen LogP contribution is 2.39. The topological polar surface area (TPSA) is 50.7 Å². The summed E-state index contributed by atoms with van der Waals surface area (Å²) in [6.07, 6.45) is 1.49. The number of para-hydroxylation sites is 1. The number of hydrogen-bond acceptors (Lipinski definition) is 4. The third kappa shape index (κ3) is 5.48. The van der Waals surface area contributed by atoms with E-state index < -0.39 is 6.10 Å². The quantitative estimate of drug-likeness (QED) is 0.888. The highest BCUT2D eigenvalue weighted by atomic mass is 16.5. The number of piperidine rings is 1. The van der Waals surface area contributed by atoms with Crippen LogP contribution in [0.5, 0.6) is 11.5 Å². The van der Waals surface area contributed by atoms with E-state index in [0.717, 1.165) is 31.5 Å². The molecule has 0 amide bonds. The average Bonchev–Trinajstić information content (AvgIpc) is 2.68. The van der Waals surface area contributed by atoms with E-state index in [1.807, 2.05) is 36.4 Å². The number of aryl methyl sites for hydroxylation is 1. The molecular weight excluding hydrogens is 314 g/mol. The molecular formula is C21H29NO3. The molecule has 1 saturated heterocycles. The summed E-state index contributed by atoms with van der Waals surface area (Å²) in [7, 11) is 3.22. The van der Waals surface area contributed by atoms with Crippen molar-refractivity contribution in [3.8, 4) is 11.5 Å². The molecule has 1 fully saturated rings. The Bertz CT molecular complexity index is 624. The standard InChI is InChI=1S/C14H21NO3.C7H8/c1-17-12-5-3-4-11(14(12)18-2)13(16)10-6-8-15-9-7-10;1-7-5-3-2-4-6-7/h3-5,10,13,15-16H,6-9H2,1-2H3;2-6H,1H3. The average molecular weight is 343 g/mol. The van der Waals surface area contributed by atoms with Gasteiger partial charge in [-0.15, -0.1) is 0 Å². The van der Waals surface area contributed by atoms with Gasteiger partial charge in [-0.2, -0.15) is 0 Å². The Morgan fingerprint density at radius 3 is 2.16 bits per heavy atom. The molecule has 0 saturated carbocycles. The van der Waals surface area contributed by atoms with Gasteiger partial charge >= 0.3 is 0 Å². The first kappa shape index (κ1) is 19.3. The lowest BCUT2D eigenvalue weighted by atomic mass is 9.87. The van der Waals surface area contributed by atoms with Gasteiger partial charge in [0, 0.05) is 5.56 Å². The van der Waals surface area contributed by atoms with Crippen LogP contribution in [0.2, 0.25) is 0 Å². The van der Waals surface area contributed by atoms with Crippen LogP contribution in [0.25, 0.3) is 0 Å². The number of aliphatic hydroxyl groups excluding tert-OH is 1. The molecule has 4 nitrogen and oxygen atoms in total. The van der Waals surface area contributed by atoms with Crippen molar-refractivity contribution in [3.05, 3.63) is 59.7 Å². The molecule has 1 aliphatic heterocycles. The third-order valence-corrected chi connectivity index (χ3v) is 4.52. The summed E-state index contributed by atoms with van der Waals surface area (Å²) in [6, 6.07) is 15.9. The Morgan fingerprint density at radius 2 is 1.64 bits per heavy atom. The van der Waals surface area contributed by atoms with E-state index in [1.165, 1.54) is 5.56 Å². The SMILES string of the molecule is COc1cccc(C(O)C2CCNCC2)c1OC.Cc1ccccc1. The Morgan fingerprint density at radius 1 is 0.960 bits per heavy atom. The largest absolute Gasteiger partial charge is 0.493 e. The normalized spacial score (nSPS) is 15.7. The lowest BCUT2D eigenvalue weighted by Crippen LogP contribution is -2.31. The van der Waals surface area contributed by atoms with E-state index in [2.05, 4.69) is 24.4 Å². The maximum atomic E-state index is 10.5. The molecule has 0 aromatic heterocycles. The summed E-state index contributed by atoms with van der Waals surface area (Å²) in [6.45, 7) is 4.02. The van der Waals surface area contributed by atoms with Gasteiger partial charge in [-0.3, -0.25) is 0 Å². The van der Waals surface area contributed by atoms with Crippen molar-refractivity contribution in [2.75, 3.05) is 27.3 Å². The molecule has 136 valence electrons. The van der Waals surface area contributed by atoms with Crippen LogP contribution in [-0.2, 0) is 0 Å². The van der Waals surface area contributed by atoms with E-state index >= 15 is 0 Å². The summed E-state index contributed by atoms with van der Waals surface area (Å²) >= 11 is 0. The van der Waals surface area contributed by atoms with E-state index in [4.69, 9.17) is 9.47 Å². The van der Waals surface area contributed by atoms with E-state index in [1.54, 1.807) is 14.2 Å².